The summed E-state index contributed by atoms with van der Waals surface area (Å²) in [4.78, 5) is 0. The van der Waals surface area contributed by atoms with Crippen molar-refractivity contribution in [1.29, 1.82) is 0 Å². The fraction of sp³-hybridized carbons (Fsp3) is 1.00. The zero-order valence-corrected chi connectivity index (χ0v) is 25.7. The van der Waals surface area contributed by atoms with Gasteiger partial charge in [-0.2, -0.15) is 0 Å². The quantitative estimate of drug-likeness (QED) is 0.0642. The first-order valence-corrected chi connectivity index (χ1v) is 17.7. The van der Waals surface area contributed by atoms with E-state index in [2.05, 4.69) is 15.9 Å². The van der Waals surface area contributed by atoms with Crippen LogP contribution in [0.5, 0.6) is 0 Å². The fourth-order valence-corrected chi connectivity index (χ4v) is 5.73. The van der Waals surface area contributed by atoms with Gasteiger partial charge >= 0.3 is 0 Å². The molecule has 0 radical (unpaired) electrons. The number of hydrogen-bond acceptors (Lipinski definition) is 1. The van der Waals surface area contributed by atoms with Gasteiger partial charge in [-0.25, -0.2) is 0 Å². The van der Waals surface area contributed by atoms with Crippen LogP contribution < -0.4 is 0 Å². The van der Waals surface area contributed by atoms with Crippen molar-refractivity contribution < 1.29 is 5.11 Å². The van der Waals surface area contributed by atoms with Crippen molar-refractivity contribution in [3.8, 4) is 0 Å². The van der Waals surface area contributed by atoms with Gasteiger partial charge in [-0.05, 0) is 12.8 Å². The average molecular weight is 560 g/mol. The minimum atomic E-state index is 0.374. The lowest BCUT2D eigenvalue weighted by Crippen LogP contribution is -1.85. The number of aliphatic hydroxyl groups is 1. The first-order chi connectivity index (χ1) is 17.4. The molecule has 0 saturated carbocycles. The summed E-state index contributed by atoms with van der Waals surface area (Å²) in [6.07, 6.45) is 44.4. The zero-order valence-electron chi connectivity index (χ0n) is 24.2. The van der Waals surface area contributed by atoms with Crippen molar-refractivity contribution in [3.63, 3.8) is 0 Å². The predicted octanol–water partition coefficient (Wildman–Crippen LogP) is 12.5. The highest BCUT2D eigenvalue weighted by Gasteiger charge is 1.97. The van der Waals surface area contributed by atoms with Gasteiger partial charge in [-0.1, -0.05) is 202 Å². The minimum absolute atomic E-state index is 0.374. The molecule has 0 aromatic carbocycles. The number of alkyl halides is 1. The molecule has 35 heavy (non-hydrogen) atoms. The summed E-state index contributed by atoms with van der Waals surface area (Å²) in [6.45, 7) is 0.374. The maximum absolute atomic E-state index is 8.77. The highest BCUT2D eigenvalue weighted by Crippen LogP contribution is 2.16. The third kappa shape index (κ3) is 34.4. The van der Waals surface area contributed by atoms with E-state index in [9.17, 15) is 0 Å². The molecule has 1 nitrogen and oxygen atoms in total. The van der Waals surface area contributed by atoms with Crippen LogP contribution in [0.15, 0.2) is 0 Å². The van der Waals surface area contributed by atoms with Gasteiger partial charge in [0.05, 0.1) is 0 Å². The van der Waals surface area contributed by atoms with Gasteiger partial charge in [-0.15, -0.1) is 0 Å². The summed E-state index contributed by atoms with van der Waals surface area (Å²) >= 11 is 3.52. The third-order valence-electron chi connectivity index (χ3n) is 7.79. The van der Waals surface area contributed by atoms with Crippen LogP contribution in [0.25, 0.3) is 0 Å². The molecule has 0 bridgehead atoms. The van der Waals surface area contributed by atoms with E-state index in [0.717, 1.165) is 6.42 Å². The van der Waals surface area contributed by atoms with E-state index in [1.54, 1.807) is 0 Å². The van der Waals surface area contributed by atoms with E-state index in [0.29, 0.717) is 6.61 Å². The Morgan fingerprint density at radius 1 is 0.229 bits per heavy atom. The van der Waals surface area contributed by atoms with E-state index in [-0.39, 0.29) is 0 Å². The van der Waals surface area contributed by atoms with Crippen LogP contribution in [0.2, 0.25) is 0 Å². The molecular formula is C33H67BrO. The first kappa shape index (κ1) is 35.4. The second-order valence-electron chi connectivity index (χ2n) is 11.4. The van der Waals surface area contributed by atoms with E-state index in [1.165, 1.54) is 198 Å². The van der Waals surface area contributed by atoms with Crippen LogP contribution in [0.3, 0.4) is 0 Å². The predicted molar refractivity (Wildman–Crippen MR) is 164 cm³/mol. The average Bonchev–Trinajstić information content (AvgIpc) is 2.87. The zero-order chi connectivity index (χ0) is 25.3. The lowest BCUT2D eigenvalue weighted by atomic mass is 10.0. The lowest BCUT2D eigenvalue weighted by molar-refractivity contribution is 0.282. The van der Waals surface area contributed by atoms with Crippen molar-refractivity contribution in [3.05, 3.63) is 0 Å². The van der Waals surface area contributed by atoms with Crippen LogP contribution in [0, 0.1) is 0 Å². The highest BCUT2D eigenvalue weighted by atomic mass is 79.9. The molecule has 0 rings (SSSR count). The molecule has 0 saturated heterocycles. The number of aliphatic hydroxyl groups excluding tert-OH is 1. The van der Waals surface area contributed by atoms with Gasteiger partial charge in [0.15, 0.2) is 0 Å². The third-order valence-corrected chi connectivity index (χ3v) is 8.35. The van der Waals surface area contributed by atoms with Gasteiger partial charge in [0.25, 0.3) is 0 Å². The summed E-state index contributed by atoms with van der Waals surface area (Å²) in [5, 5.41) is 9.96. The Hall–Kier alpha value is 0.440. The maximum Gasteiger partial charge on any atom is 0.0431 e. The molecule has 0 unspecified atom stereocenters. The van der Waals surface area contributed by atoms with Crippen LogP contribution in [-0.2, 0) is 0 Å². The van der Waals surface area contributed by atoms with Crippen molar-refractivity contribution in [2.24, 2.45) is 0 Å². The minimum Gasteiger partial charge on any atom is -0.396 e. The summed E-state index contributed by atoms with van der Waals surface area (Å²) in [6, 6.07) is 0. The van der Waals surface area contributed by atoms with Crippen molar-refractivity contribution in [2.75, 3.05) is 11.9 Å². The lowest BCUT2D eigenvalue weighted by Gasteiger charge is -2.04. The van der Waals surface area contributed by atoms with Crippen molar-refractivity contribution in [1.82, 2.24) is 0 Å². The summed E-state index contributed by atoms with van der Waals surface area (Å²) < 4.78 is 0. The monoisotopic (exact) mass is 558 g/mol. The SMILES string of the molecule is OCCCCCCCCCCCCCCCCCCCCCCCCCCCCCCCCCBr. The van der Waals surface area contributed by atoms with E-state index < -0.39 is 0 Å². The number of hydrogen-bond donors (Lipinski definition) is 1. The standard InChI is InChI=1S/C33H67BrO/c34-32-30-28-26-24-22-20-18-16-14-12-10-8-6-4-2-1-3-5-7-9-11-13-15-17-19-21-23-25-27-29-31-33-35/h35H,1-33H2. The normalized spacial score (nSPS) is 11.5. The summed E-state index contributed by atoms with van der Waals surface area (Å²) in [7, 11) is 0. The molecule has 0 aromatic rings. The Bertz CT molecular complexity index is 314. The van der Waals surface area contributed by atoms with Gasteiger partial charge in [0.1, 0.15) is 0 Å². The molecule has 212 valence electrons. The topological polar surface area (TPSA) is 20.2 Å². The molecule has 0 atom stereocenters. The summed E-state index contributed by atoms with van der Waals surface area (Å²) in [5.74, 6) is 0. The molecule has 0 aromatic heterocycles. The van der Waals surface area contributed by atoms with Gasteiger partial charge in [0.2, 0.25) is 0 Å². The molecule has 0 amide bonds. The van der Waals surface area contributed by atoms with Crippen molar-refractivity contribution >= 4 is 15.9 Å². The van der Waals surface area contributed by atoms with Gasteiger partial charge in [0, 0.05) is 11.9 Å². The molecule has 2 heteroatoms. The number of rotatable bonds is 32. The van der Waals surface area contributed by atoms with Crippen LogP contribution in [0.4, 0.5) is 0 Å². The molecular weight excluding hydrogens is 492 g/mol. The van der Waals surface area contributed by atoms with Crippen LogP contribution >= 0.6 is 15.9 Å². The van der Waals surface area contributed by atoms with Crippen LogP contribution in [0.1, 0.15) is 199 Å². The fourth-order valence-electron chi connectivity index (χ4n) is 5.33. The molecule has 0 aliphatic carbocycles. The molecule has 1 N–H and O–H groups in total. The Balaban J connectivity index is 3.00. The summed E-state index contributed by atoms with van der Waals surface area (Å²) in [5.41, 5.74) is 0. The van der Waals surface area contributed by atoms with E-state index in [4.69, 9.17) is 5.11 Å². The van der Waals surface area contributed by atoms with Crippen LogP contribution in [-0.4, -0.2) is 17.0 Å². The Labute approximate surface area is 231 Å². The van der Waals surface area contributed by atoms with E-state index in [1.807, 2.05) is 0 Å². The molecule has 0 aliphatic rings. The molecule has 0 aliphatic heterocycles. The number of halogens is 1. The molecule has 0 heterocycles. The molecule has 0 spiro atoms. The maximum atomic E-state index is 8.77. The van der Waals surface area contributed by atoms with Gasteiger partial charge < -0.3 is 5.11 Å². The van der Waals surface area contributed by atoms with Crippen molar-refractivity contribution in [2.45, 2.75) is 199 Å². The first-order valence-electron chi connectivity index (χ1n) is 16.6. The smallest absolute Gasteiger partial charge is 0.0431 e. The molecule has 0 fully saturated rings. The highest BCUT2D eigenvalue weighted by molar-refractivity contribution is 9.09. The Morgan fingerprint density at radius 2 is 0.371 bits per heavy atom. The largest absolute Gasteiger partial charge is 0.396 e. The Morgan fingerprint density at radius 3 is 0.514 bits per heavy atom. The second-order valence-corrected chi connectivity index (χ2v) is 12.2. The number of unbranched alkanes of at least 4 members (excludes halogenated alkanes) is 30. The van der Waals surface area contributed by atoms with E-state index >= 15 is 0 Å². The second kappa shape index (κ2) is 34.4. The Kier molecular flexibility index (Phi) is 34.9. The van der Waals surface area contributed by atoms with Gasteiger partial charge in [-0.3, -0.25) is 0 Å².